The van der Waals surface area contributed by atoms with E-state index in [2.05, 4.69) is 15.9 Å². The van der Waals surface area contributed by atoms with Crippen molar-refractivity contribution < 1.29 is 9.53 Å². The molecule has 1 amide bonds. The topological polar surface area (TPSA) is 42.4 Å². The van der Waals surface area contributed by atoms with Gasteiger partial charge >= 0.3 is 0 Å². The minimum atomic E-state index is -0.0694. The Kier molecular flexibility index (Phi) is 6.11. The molecule has 1 aliphatic rings. The fraction of sp³-hybridized carbons (Fsp3) is 0.238. The molecule has 7 heteroatoms. The van der Waals surface area contributed by atoms with Gasteiger partial charge in [-0.25, -0.2) is 4.98 Å². The molecule has 2 aromatic carbocycles. The Morgan fingerprint density at radius 1 is 1.21 bits per heavy atom. The quantitative estimate of drug-likeness (QED) is 0.449. The number of nitrogens with zero attached hydrogens (tertiary/aromatic N) is 2. The van der Waals surface area contributed by atoms with Gasteiger partial charge in [-0.05, 0) is 49.2 Å². The highest BCUT2D eigenvalue weighted by Gasteiger charge is 2.27. The summed E-state index contributed by atoms with van der Waals surface area (Å²) in [7, 11) is 0. The van der Waals surface area contributed by atoms with Gasteiger partial charge < -0.3 is 4.74 Å². The van der Waals surface area contributed by atoms with E-state index in [0.717, 1.165) is 35.2 Å². The van der Waals surface area contributed by atoms with E-state index in [-0.39, 0.29) is 12.0 Å². The van der Waals surface area contributed by atoms with Crippen molar-refractivity contribution in [2.45, 2.75) is 18.9 Å². The standard InChI is InChI=1S/C21H18BrClN2O2S/c22-16-7-3-15(4-8-16)20(26)25(12-18-2-1-11-27-18)21-24-19(13-28-21)14-5-9-17(23)10-6-14/h3-10,13,18H,1-2,11-12H2/t18-/m1/s1. The first-order chi connectivity index (χ1) is 13.6. The van der Waals surface area contributed by atoms with Gasteiger partial charge in [0.2, 0.25) is 0 Å². The molecule has 0 N–H and O–H groups in total. The first-order valence-corrected chi connectivity index (χ1v) is 11.1. The van der Waals surface area contributed by atoms with E-state index in [1.807, 2.05) is 53.9 Å². The zero-order valence-electron chi connectivity index (χ0n) is 15.0. The molecule has 0 spiro atoms. The Hall–Kier alpha value is -1.73. The number of ether oxygens (including phenoxy) is 1. The van der Waals surface area contributed by atoms with Crippen molar-refractivity contribution in [1.82, 2.24) is 4.98 Å². The molecule has 1 atom stereocenters. The second-order valence-electron chi connectivity index (χ2n) is 6.58. The highest BCUT2D eigenvalue weighted by molar-refractivity contribution is 9.10. The molecular formula is C21H18BrClN2O2S. The minimum absolute atomic E-state index is 0.0438. The highest BCUT2D eigenvalue weighted by atomic mass is 79.9. The lowest BCUT2D eigenvalue weighted by molar-refractivity contribution is 0.0917. The van der Waals surface area contributed by atoms with Crippen LogP contribution in [0.2, 0.25) is 5.02 Å². The van der Waals surface area contributed by atoms with Crippen LogP contribution in [-0.4, -0.2) is 30.1 Å². The Balaban J connectivity index is 1.64. The molecule has 0 radical (unpaired) electrons. The molecule has 0 unspecified atom stereocenters. The van der Waals surface area contributed by atoms with Gasteiger partial charge in [-0.3, -0.25) is 9.69 Å². The van der Waals surface area contributed by atoms with Gasteiger partial charge in [0.05, 0.1) is 18.3 Å². The fourth-order valence-electron chi connectivity index (χ4n) is 3.13. The number of thiazole rings is 1. The third kappa shape index (κ3) is 4.46. The van der Waals surface area contributed by atoms with Crippen LogP contribution in [0.15, 0.2) is 58.4 Å². The monoisotopic (exact) mass is 476 g/mol. The van der Waals surface area contributed by atoms with Gasteiger partial charge in [-0.2, -0.15) is 0 Å². The van der Waals surface area contributed by atoms with Crippen LogP contribution in [0.4, 0.5) is 5.13 Å². The normalized spacial score (nSPS) is 16.3. The van der Waals surface area contributed by atoms with Crippen LogP contribution in [-0.2, 0) is 4.74 Å². The summed E-state index contributed by atoms with van der Waals surface area (Å²) in [5, 5.41) is 3.33. The number of hydrogen-bond donors (Lipinski definition) is 0. The maximum atomic E-state index is 13.2. The van der Waals surface area contributed by atoms with Crippen LogP contribution in [0.1, 0.15) is 23.2 Å². The zero-order valence-corrected chi connectivity index (χ0v) is 18.1. The number of hydrogen-bond acceptors (Lipinski definition) is 4. The lowest BCUT2D eigenvalue weighted by atomic mass is 10.1. The molecule has 0 aliphatic carbocycles. The highest BCUT2D eigenvalue weighted by Crippen LogP contribution is 2.30. The summed E-state index contributed by atoms with van der Waals surface area (Å²) in [4.78, 5) is 19.7. The smallest absolute Gasteiger partial charge is 0.260 e. The lowest BCUT2D eigenvalue weighted by Gasteiger charge is -2.23. The van der Waals surface area contributed by atoms with Crippen molar-refractivity contribution in [1.29, 1.82) is 0 Å². The zero-order chi connectivity index (χ0) is 19.5. The molecule has 0 bridgehead atoms. The predicted octanol–water partition coefficient (Wildman–Crippen LogP) is 6.05. The number of rotatable bonds is 5. The first-order valence-electron chi connectivity index (χ1n) is 9.00. The van der Waals surface area contributed by atoms with E-state index in [0.29, 0.717) is 22.3 Å². The molecule has 144 valence electrons. The van der Waals surface area contributed by atoms with Crippen LogP contribution >= 0.6 is 38.9 Å². The Bertz CT molecular complexity index is 953. The molecule has 1 fully saturated rings. The van der Waals surface area contributed by atoms with Crippen LogP contribution in [0, 0.1) is 0 Å². The van der Waals surface area contributed by atoms with Crippen molar-refractivity contribution in [3.8, 4) is 11.3 Å². The second kappa shape index (κ2) is 8.74. The summed E-state index contributed by atoms with van der Waals surface area (Å²) >= 11 is 10.9. The van der Waals surface area contributed by atoms with E-state index in [1.165, 1.54) is 11.3 Å². The molecule has 1 aromatic heterocycles. The minimum Gasteiger partial charge on any atom is -0.376 e. The number of benzene rings is 2. The average Bonchev–Trinajstić information content (AvgIpc) is 3.39. The number of amides is 1. The van der Waals surface area contributed by atoms with Crippen LogP contribution in [0.5, 0.6) is 0 Å². The molecule has 28 heavy (non-hydrogen) atoms. The maximum Gasteiger partial charge on any atom is 0.260 e. The van der Waals surface area contributed by atoms with Crippen LogP contribution in [0.25, 0.3) is 11.3 Å². The van der Waals surface area contributed by atoms with Crippen molar-refractivity contribution in [2.24, 2.45) is 0 Å². The molecule has 2 heterocycles. The molecule has 4 rings (SSSR count). The average molecular weight is 478 g/mol. The van der Waals surface area contributed by atoms with Gasteiger partial charge in [-0.1, -0.05) is 39.7 Å². The number of halogens is 2. The number of carbonyl (C=O) groups is 1. The molecular weight excluding hydrogens is 460 g/mol. The van der Waals surface area contributed by atoms with Crippen LogP contribution < -0.4 is 4.90 Å². The molecule has 4 nitrogen and oxygen atoms in total. The van der Waals surface area contributed by atoms with E-state index in [9.17, 15) is 4.79 Å². The number of anilines is 1. The number of aromatic nitrogens is 1. The molecule has 0 saturated carbocycles. The Labute approximate surface area is 181 Å². The van der Waals surface area contributed by atoms with E-state index < -0.39 is 0 Å². The summed E-state index contributed by atoms with van der Waals surface area (Å²) in [6, 6.07) is 14.9. The summed E-state index contributed by atoms with van der Waals surface area (Å²) in [6.07, 6.45) is 2.03. The predicted molar refractivity (Wildman–Crippen MR) is 117 cm³/mol. The van der Waals surface area contributed by atoms with E-state index in [1.54, 1.807) is 4.90 Å². The lowest BCUT2D eigenvalue weighted by Crippen LogP contribution is -2.37. The SMILES string of the molecule is O=C(c1ccc(Br)cc1)N(C[C@H]1CCCO1)c1nc(-c2ccc(Cl)cc2)cs1. The second-order valence-corrected chi connectivity index (χ2v) is 8.77. The summed E-state index contributed by atoms with van der Waals surface area (Å²) in [6.45, 7) is 1.25. The van der Waals surface area contributed by atoms with Gasteiger partial charge in [0.15, 0.2) is 5.13 Å². The largest absolute Gasteiger partial charge is 0.376 e. The van der Waals surface area contributed by atoms with Crippen molar-refractivity contribution >= 4 is 49.9 Å². The fourth-order valence-corrected chi connectivity index (χ4v) is 4.36. The van der Waals surface area contributed by atoms with Crippen molar-refractivity contribution in [3.05, 3.63) is 69.0 Å². The Morgan fingerprint density at radius 2 is 1.96 bits per heavy atom. The molecule has 1 saturated heterocycles. The van der Waals surface area contributed by atoms with Gasteiger partial charge in [-0.15, -0.1) is 11.3 Å². The number of carbonyl (C=O) groups excluding carboxylic acids is 1. The third-order valence-electron chi connectivity index (χ3n) is 4.61. The Morgan fingerprint density at radius 3 is 2.64 bits per heavy atom. The van der Waals surface area contributed by atoms with E-state index in [4.69, 9.17) is 21.3 Å². The van der Waals surface area contributed by atoms with Crippen molar-refractivity contribution in [3.63, 3.8) is 0 Å². The van der Waals surface area contributed by atoms with Gasteiger partial charge in [0.25, 0.3) is 5.91 Å². The van der Waals surface area contributed by atoms with Crippen LogP contribution in [0.3, 0.4) is 0 Å². The summed E-state index contributed by atoms with van der Waals surface area (Å²) in [5.41, 5.74) is 2.43. The molecule has 3 aromatic rings. The first kappa shape index (κ1) is 19.6. The summed E-state index contributed by atoms with van der Waals surface area (Å²) in [5.74, 6) is -0.0694. The van der Waals surface area contributed by atoms with Gasteiger partial charge in [0, 0.05) is 32.6 Å². The van der Waals surface area contributed by atoms with Crippen molar-refractivity contribution in [2.75, 3.05) is 18.1 Å². The molecule has 1 aliphatic heterocycles. The maximum absolute atomic E-state index is 13.2. The summed E-state index contributed by atoms with van der Waals surface area (Å²) < 4.78 is 6.71. The van der Waals surface area contributed by atoms with Gasteiger partial charge in [0.1, 0.15) is 0 Å². The van der Waals surface area contributed by atoms with E-state index >= 15 is 0 Å². The third-order valence-corrected chi connectivity index (χ3v) is 6.25.